The second-order valence-electron chi connectivity index (χ2n) is 10.2. The Kier molecular flexibility index (Phi) is 9.05. The van der Waals surface area contributed by atoms with Crippen LogP contribution >= 0.6 is 15.9 Å². The lowest BCUT2D eigenvalue weighted by atomic mass is 10.1. The highest BCUT2D eigenvalue weighted by Gasteiger charge is 2.29. The number of nitrogens with zero attached hydrogens (tertiary/aromatic N) is 3. The SMILES string of the molecule is CC1CN(c2cc(F)c(Br)c(F)c2NC(=O)c2cnc(OCC[Si](C)(C)C)cc2C(F)F)CCN1C. The van der Waals surface area contributed by atoms with E-state index >= 15 is 4.39 Å². The number of alkyl halides is 2. The van der Waals surface area contributed by atoms with E-state index < -0.39 is 47.6 Å². The number of rotatable bonds is 8. The molecule has 36 heavy (non-hydrogen) atoms. The number of nitrogens with one attached hydrogen (secondary N) is 1. The Morgan fingerprint density at radius 2 is 1.97 bits per heavy atom. The van der Waals surface area contributed by atoms with Crippen molar-refractivity contribution in [1.82, 2.24) is 9.88 Å². The molecule has 1 aliphatic rings. The Morgan fingerprint density at radius 1 is 1.28 bits per heavy atom. The van der Waals surface area contributed by atoms with Crippen LogP contribution in [0.5, 0.6) is 5.88 Å². The van der Waals surface area contributed by atoms with Gasteiger partial charge in [0.05, 0.1) is 22.3 Å². The van der Waals surface area contributed by atoms with Crippen LogP contribution in [0.3, 0.4) is 0 Å². The second-order valence-corrected chi connectivity index (χ2v) is 16.6. The molecule has 1 aliphatic heterocycles. The number of carbonyl (C=O) groups excluding carboxylic acids is 1. The predicted molar refractivity (Wildman–Crippen MR) is 139 cm³/mol. The number of ether oxygens (including phenoxy) is 1. The third-order valence-corrected chi connectivity index (χ3v) is 8.60. The van der Waals surface area contributed by atoms with Gasteiger partial charge in [-0.15, -0.1) is 0 Å². The van der Waals surface area contributed by atoms with Gasteiger partial charge in [-0.05, 0) is 35.9 Å². The first-order chi connectivity index (χ1) is 16.8. The molecule has 0 spiro atoms. The molecule has 1 aromatic carbocycles. The quantitative estimate of drug-likeness (QED) is 0.226. The number of aromatic nitrogens is 1. The van der Waals surface area contributed by atoms with Crippen molar-refractivity contribution in [3.63, 3.8) is 0 Å². The summed E-state index contributed by atoms with van der Waals surface area (Å²) in [7, 11) is 0.551. The van der Waals surface area contributed by atoms with Crippen LogP contribution in [-0.2, 0) is 0 Å². The van der Waals surface area contributed by atoms with E-state index in [-0.39, 0.29) is 23.3 Å². The number of halogens is 5. The maximum atomic E-state index is 15.2. The van der Waals surface area contributed by atoms with E-state index in [0.29, 0.717) is 26.2 Å². The van der Waals surface area contributed by atoms with Gasteiger partial charge in [0.15, 0.2) is 5.82 Å². The molecule has 1 saturated heterocycles. The fourth-order valence-electron chi connectivity index (χ4n) is 3.76. The van der Waals surface area contributed by atoms with E-state index in [1.54, 1.807) is 4.90 Å². The Labute approximate surface area is 218 Å². The van der Waals surface area contributed by atoms with Crippen molar-refractivity contribution in [2.75, 3.05) is 43.5 Å². The number of pyridine rings is 1. The molecule has 0 aliphatic carbocycles. The van der Waals surface area contributed by atoms with Crippen LogP contribution in [0.2, 0.25) is 25.7 Å². The summed E-state index contributed by atoms with van der Waals surface area (Å²) in [4.78, 5) is 21.0. The Balaban J connectivity index is 1.91. The molecular weight excluding hydrogens is 560 g/mol. The fraction of sp³-hybridized carbons (Fsp3) is 0.500. The summed E-state index contributed by atoms with van der Waals surface area (Å²) in [6.07, 6.45) is -2.00. The third-order valence-electron chi connectivity index (χ3n) is 6.17. The first kappa shape index (κ1) is 28.4. The first-order valence-electron chi connectivity index (χ1n) is 11.6. The third kappa shape index (κ3) is 6.77. The highest BCUT2D eigenvalue weighted by Crippen LogP contribution is 2.37. The van der Waals surface area contributed by atoms with Gasteiger partial charge in [0.2, 0.25) is 5.88 Å². The van der Waals surface area contributed by atoms with E-state index in [0.717, 1.165) is 24.4 Å². The van der Waals surface area contributed by atoms with Gasteiger partial charge in [-0.3, -0.25) is 4.79 Å². The lowest BCUT2D eigenvalue weighted by Crippen LogP contribution is -2.50. The monoisotopic (exact) mass is 590 g/mol. The molecule has 2 heterocycles. The number of benzene rings is 1. The van der Waals surface area contributed by atoms with Crippen molar-refractivity contribution >= 4 is 41.3 Å². The smallest absolute Gasteiger partial charge is 0.264 e. The number of anilines is 2. The number of likely N-dealkylation sites (N-methyl/N-ethyl adjacent to an activating group) is 1. The molecule has 12 heteroatoms. The van der Waals surface area contributed by atoms with Crippen LogP contribution in [-0.4, -0.2) is 63.2 Å². The summed E-state index contributed by atoms with van der Waals surface area (Å²) in [5, 5.41) is 2.39. The Bertz CT molecular complexity index is 1120. The number of amides is 1. The van der Waals surface area contributed by atoms with E-state index in [2.05, 4.69) is 50.8 Å². The normalized spacial score (nSPS) is 17.0. The minimum Gasteiger partial charge on any atom is -0.478 e. The van der Waals surface area contributed by atoms with Gasteiger partial charge in [0, 0.05) is 57.6 Å². The molecule has 2 aromatic rings. The molecule has 1 unspecified atom stereocenters. The van der Waals surface area contributed by atoms with Crippen molar-refractivity contribution in [3.8, 4) is 5.88 Å². The van der Waals surface area contributed by atoms with Crippen LogP contribution < -0.4 is 15.0 Å². The second kappa shape index (κ2) is 11.5. The maximum Gasteiger partial charge on any atom is 0.264 e. The highest BCUT2D eigenvalue weighted by atomic mass is 79.9. The summed E-state index contributed by atoms with van der Waals surface area (Å²) in [6.45, 7) is 10.4. The minimum atomic E-state index is -2.99. The van der Waals surface area contributed by atoms with Crippen molar-refractivity contribution in [3.05, 3.63) is 45.6 Å². The molecule has 1 fully saturated rings. The molecule has 3 rings (SSSR count). The van der Waals surface area contributed by atoms with Crippen LogP contribution in [0, 0.1) is 11.6 Å². The van der Waals surface area contributed by atoms with E-state index in [4.69, 9.17) is 4.74 Å². The number of hydrogen-bond acceptors (Lipinski definition) is 5. The lowest BCUT2D eigenvalue weighted by molar-refractivity contribution is 0.101. The summed E-state index contributed by atoms with van der Waals surface area (Å²) >= 11 is 2.87. The molecule has 6 nitrogen and oxygen atoms in total. The van der Waals surface area contributed by atoms with E-state index in [1.165, 1.54) is 0 Å². The Morgan fingerprint density at radius 3 is 2.58 bits per heavy atom. The van der Waals surface area contributed by atoms with Crippen molar-refractivity contribution < 1.29 is 27.1 Å². The number of piperazine rings is 1. The van der Waals surface area contributed by atoms with E-state index in [1.807, 2.05) is 14.0 Å². The van der Waals surface area contributed by atoms with Crippen LogP contribution in [0.1, 0.15) is 29.3 Å². The Hall–Kier alpha value is -2.18. The van der Waals surface area contributed by atoms with Crippen molar-refractivity contribution in [1.29, 1.82) is 0 Å². The largest absolute Gasteiger partial charge is 0.478 e. The van der Waals surface area contributed by atoms with Gasteiger partial charge in [-0.1, -0.05) is 19.6 Å². The van der Waals surface area contributed by atoms with E-state index in [9.17, 15) is 18.0 Å². The molecule has 0 bridgehead atoms. The van der Waals surface area contributed by atoms with Gasteiger partial charge in [0.25, 0.3) is 12.3 Å². The van der Waals surface area contributed by atoms with Gasteiger partial charge < -0.3 is 19.9 Å². The lowest BCUT2D eigenvalue weighted by Gasteiger charge is -2.39. The summed E-state index contributed by atoms with van der Waals surface area (Å²) in [5.41, 5.74) is -1.15. The zero-order chi connectivity index (χ0) is 26.8. The standard InChI is InChI=1S/C24H31BrF4N4O2Si/c1-14-13-33(7-6-32(14)2)18-11-17(26)20(25)21(27)22(18)31-24(34)16-12-30-19(10-15(16)23(28)29)35-8-9-36(3,4)5/h10-12,14,23H,6-9,13H2,1-5H3,(H,31,34). The molecule has 1 atom stereocenters. The molecule has 1 aromatic heterocycles. The van der Waals surface area contributed by atoms with Gasteiger partial charge in [0.1, 0.15) is 11.5 Å². The molecule has 0 radical (unpaired) electrons. The zero-order valence-corrected chi connectivity index (χ0v) is 23.6. The summed E-state index contributed by atoms with van der Waals surface area (Å²) in [6, 6.07) is 3.07. The fourth-order valence-corrected chi connectivity index (χ4v) is 4.79. The average Bonchev–Trinajstić information content (AvgIpc) is 2.80. The summed E-state index contributed by atoms with van der Waals surface area (Å²) < 4.78 is 62.4. The number of hydrogen-bond donors (Lipinski definition) is 1. The highest BCUT2D eigenvalue weighted by molar-refractivity contribution is 9.10. The molecule has 1 amide bonds. The van der Waals surface area contributed by atoms with Gasteiger partial charge in [-0.25, -0.2) is 22.5 Å². The average molecular weight is 592 g/mol. The molecular formula is C24H31BrF4N4O2Si. The van der Waals surface area contributed by atoms with Crippen LogP contribution in [0.15, 0.2) is 22.8 Å². The van der Waals surface area contributed by atoms with Crippen molar-refractivity contribution in [2.24, 2.45) is 0 Å². The first-order valence-corrected chi connectivity index (χ1v) is 16.1. The molecule has 198 valence electrons. The molecule has 0 saturated carbocycles. The van der Waals surface area contributed by atoms with Crippen molar-refractivity contribution in [2.45, 2.75) is 45.1 Å². The summed E-state index contributed by atoms with van der Waals surface area (Å²) in [5.74, 6) is -2.85. The van der Waals surface area contributed by atoms with Gasteiger partial charge >= 0.3 is 0 Å². The maximum absolute atomic E-state index is 15.2. The predicted octanol–water partition coefficient (Wildman–Crippen LogP) is 6.17. The van der Waals surface area contributed by atoms with Gasteiger partial charge in [-0.2, -0.15) is 0 Å². The topological polar surface area (TPSA) is 57.7 Å². The minimum absolute atomic E-state index is 0.0112. The molecule has 1 N–H and O–H groups in total. The number of carbonyl (C=O) groups is 1. The van der Waals surface area contributed by atoms with Crippen LogP contribution in [0.4, 0.5) is 28.9 Å². The zero-order valence-electron chi connectivity index (χ0n) is 21.0. The van der Waals surface area contributed by atoms with Crippen LogP contribution in [0.25, 0.3) is 0 Å².